The van der Waals surface area contributed by atoms with Crippen LogP contribution in [0.5, 0.6) is 0 Å². The van der Waals surface area contributed by atoms with Crippen LogP contribution < -0.4 is 10.6 Å². The molecule has 0 atom stereocenters. The van der Waals surface area contributed by atoms with E-state index in [0.717, 1.165) is 0 Å². The number of anilines is 1. The Morgan fingerprint density at radius 3 is 2.70 bits per heavy atom. The summed E-state index contributed by atoms with van der Waals surface area (Å²) in [6.45, 7) is 0.329. The Labute approximate surface area is 116 Å². The highest BCUT2D eigenvalue weighted by Gasteiger charge is 2.07. The van der Waals surface area contributed by atoms with Gasteiger partial charge in [-0.25, -0.2) is 0 Å². The van der Waals surface area contributed by atoms with Crippen molar-refractivity contribution in [1.29, 1.82) is 0 Å². The van der Waals surface area contributed by atoms with Crippen molar-refractivity contribution >= 4 is 17.5 Å². The van der Waals surface area contributed by atoms with Crippen molar-refractivity contribution in [2.75, 3.05) is 5.32 Å². The number of nitrogens with one attached hydrogen (secondary N) is 2. The first kappa shape index (κ1) is 13.8. The maximum absolute atomic E-state index is 11.6. The SMILES string of the molecule is O=C(CCC(=O)Nc1cccnc1)NCc1ccco1. The van der Waals surface area contributed by atoms with Crippen LogP contribution in [0.4, 0.5) is 5.69 Å². The minimum Gasteiger partial charge on any atom is -0.467 e. The largest absolute Gasteiger partial charge is 0.467 e. The van der Waals surface area contributed by atoms with Crippen LogP contribution in [0.15, 0.2) is 47.3 Å². The highest BCUT2D eigenvalue weighted by atomic mass is 16.3. The zero-order chi connectivity index (χ0) is 14.2. The van der Waals surface area contributed by atoms with Gasteiger partial charge in [-0.3, -0.25) is 14.6 Å². The summed E-state index contributed by atoms with van der Waals surface area (Å²) in [5.74, 6) is 0.270. The molecule has 0 aromatic carbocycles. The lowest BCUT2D eigenvalue weighted by molar-refractivity contribution is -0.124. The summed E-state index contributed by atoms with van der Waals surface area (Å²) in [6, 6.07) is 6.99. The van der Waals surface area contributed by atoms with E-state index in [-0.39, 0.29) is 24.7 Å². The molecule has 0 spiro atoms. The summed E-state index contributed by atoms with van der Waals surface area (Å²) in [7, 11) is 0. The number of furan rings is 1. The van der Waals surface area contributed by atoms with E-state index < -0.39 is 0 Å². The van der Waals surface area contributed by atoms with E-state index in [1.165, 1.54) is 0 Å². The maximum Gasteiger partial charge on any atom is 0.224 e. The lowest BCUT2D eigenvalue weighted by Crippen LogP contribution is -2.24. The maximum atomic E-state index is 11.6. The highest BCUT2D eigenvalue weighted by Crippen LogP contribution is 2.04. The van der Waals surface area contributed by atoms with E-state index in [2.05, 4.69) is 15.6 Å². The summed E-state index contributed by atoms with van der Waals surface area (Å²) in [5.41, 5.74) is 0.619. The fourth-order valence-corrected chi connectivity index (χ4v) is 1.57. The Kier molecular flexibility index (Phi) is 4.88. The van der Waals surface area contributed by atoms with Crippen LogP contribution in [-0.4, -0.2) is 16.8 Å². The lowest BCUT2D eigenvalue weighted by Gasteiger charge is -2.05. The van der Waals surface area contributed by atoms with Crippen molar-refractivity contribution in [1.82, 2.24) is 10.3 Å². The Bertz CT molecular complexity index is 552. The van der Waals surface area contributed by atoms with E-state index in [1.54, 1.807) is 42.9 Å². The fourth-order valence-electron chi connectivity index (χ4n) is 1.57. The molecule has 0 unspecified atom stereocenters. The molecule has 104 valence electrons. The van der Waals surface area contributed by atoms with Crippen LogP contribution in [0.1, 0.15) is 18.6 Å². The van der Waals surface area contributed by atoms with Crippen LogP contribution in [0.2, 0.25) is 0 Å². The van der Waals surface area contributed by atoms with Gasteiger partial charge in [-0.2, -0.15) is 0 Å². The molecule has 0 bridgehead atoms. The highest BCUT2D eigenvalue weighted by molar-refractivity contribution is 5.93. The van der Waals surface area contributed by atoms with Gasteiger partial charge in [0.2, 0.25) is 11.8 Å². The van der Waals surface area contributed by atoms with Crippen LogP contribution in [0.3, 0.4) is 0 Å². The first-order valence-electron chi connectivity index (χ1n) is 6.23. The van der Waals surface area contributed by atoms with Crippen LogP contribution >= 0.6 is 0 Å². The predicted molar refractivity (Wildman–Crippen MR) is 72.7 cm³/mol. The Balaban J connectivity index is 1.66. The topological polar surface area (TPSA) is 84.2 Å². The van der Waals surface area contributed by atoms with Gasteiger partial charge in [0.05, 0.1) is 24.7 Å². The zero-order valence-corrected chi connectivity index (χ0v) is 10.8. The smallest absolute Gasteiger partial charge is 0.224 e. The molecule has 2 N–H and O–H groups in total. The van der Waals surface area contributed by atoms with Crippen molar-refractivity contribution in [2.24, 2.45) is 0 Å². The van der Waals surface area contributed by atoms with Gasteiger partial charge in [0.1, 0.15) is 5.76 Å². The molecule has 6 heteroatoms. The first-order chi connectivity index (χ1) is 9.74. The molecule has 0 saturated heterocycles. The third-order valence-electron chi connectivity index (χ3n) is 2.56. The van der Waals surface area contributed by atoms with E-state index in [9.17, 15) is 9.59 Å². The number of aromatic nitrogens is 1. The number of amides is 2. The Morgan fingerprint density at radius 1 is 1.15 bits per heavy atom. The van der Waals surface area contributed by atoms with Crippen molar-refractivity contribution in [3.63, 3.8) is 0 Å². The van der Waals surface area contributed by atoms with Gasteiger partial charge in [-0.1, -0.05) is 0 Å². The van der Waals surface area contributed by atoms with Gasteiger partial charge in [-0.15, -0.1) is 0 Å². The monoisotopic (exact) mass is 273 g/mol. The number of rotatable bonds is 6. The predicted octanol–water partition coefficient (Wildman–Crippen LogP) is 1.71. The van der Waals surface area contributed by atoms with Crippen LogP contribution in [0, 0.1) is 0 Å². The van der Waals surface area contributed by atoms with Gasteiger partial charge in [-0.05, 0) is 24.3 Å². The summed E-state index contributed by atoms with van der Waals surface area (Å²) in [5, 5.41) is 5.35. The molecule has 0 aliphatic heterocycles. The molecule has 2 heterocycles. The summed E-state index contributed by atoms with van der Waals surface area (Å²) in [4.78, 5) is 27.0. The Morgan fingerprint density at radius 2 is 2.00 bits per heavy atom. The average molecular weight is 273 g/mol. The number of carbonyl (C=O) groups excluding carboxylic acids is 2. The molecular weight excluding hydrogens is 258 g/mol. The second-order valence-electron chi connectivity index (χ2n) is 4.15. The molecule has 2 aromatic heterocycles. The van der Waals surface area contributed by atoms with E-state index >= 15 is 0 Å². The molecule has 2 rings (SSSR count). The number of pyridine rings is 1. The van der Waals surface area contributed by atoms with Crippen molar-refractivity contribution in [3.05, 3.63) is 48.7 Å². The standard InChI is InChI=1S/C14H15N3O3/c18-13(16-10-12-4-2-8-20-12)5-6-14(19)17-11-3-1-7-15-9-11/h1-4,7-9H,5-6,10H2,(H,16,18)(H,17,19). The molecule has 0 aliphatic rings. The van der Waals surface area contributed by atoms with E-state index in [4.69, 9.17) is 4.42 Å². The quantitative estimate of drug-likeness (QED) is 0.839. The Hall–Kier alpha value is -2.63. The minimum absolute atomic E-state index is 0.124. The molecule has 6 nitrogen and oxygen atoms in total. The average Bonchev–Trinajstić information content (AvgIpc) is 2.97. The third kappa shape index (κ3) is 4.56. The third-order valence-corrected chi connectivity index (χ3v) is 2.56. The van der Waals surface area contributed by atoms with Crippen LogP contribution in [0.25, 0.3) is 0 Å². The van der Waals surface area contributed by atoms with E-state index in [1.807, 2.05) is 0 Å². The molecule has 20 heavy (non-hydrogen) atoms. The van der Waals surface area contributed by atoms with Gasteiger partial charge in [0, 0.05) is 19.0 Å². The molecule has 2 amide bonds. The lowest BCUT2D eigenvalue weighted by atomic mass is 10.2. The van der Waals surface area contributed by atoms with Crippen LogP contribution in [-0.2, 0) is 16.1 Å². The van der Waals surface area contributed by atoms with Gasteiger partial charge in [0.15, 0.2) is 0 Å². The normalized spacial score (nSPS) is 10.0. The number of hydrogen-bond donors (Lipinski definition) is 2. The number of carbonyl (C=O) groups is 2. The molecule has 0 fully saturated rings. The molecule has 0 saturated carbocycles. The van der Waals surface area contributed by atoms with Gasteiger partial charge >= 0.3 is 0 Å². The number of hydrogen-bond acceptors (Lipinski definition) is 4. The molecule has 0 radical (unpaired) electrons. The second kappa shape index (κ2) is 7.08. The summed E-state index contributed by atoms with van der Waals surface area (Å²) < 4.78 is 5.09. The van der Waals surface area contributed by atoms with E-state index in [0.29, 0.717) is 18.0 Å². The van der Waals surface area contributed by atoms with Crippen molar-refractivity contribution in [2.45, 2.75) is 19.4 Å². The van der Waals surface area contributed by atoms with Crippen molar-refractivity contribution < 1.29 is 14.0 Å². The van der Waals surface area contributed by atoms with Gasteiger partial charge < -0.3 is 15.1 Å². The summed E-state index contributed by atoms with van der Waals surface area (Å²) in [6.07, 6.45) is 4.97. The molecule has 2 aromatic rings. The second-order valence-corrected chi connectivity index (χ2v) is 4.15. The fraction of sp³-hybridized carbons (Fsp3) is 0.214. The number of nitrogens with zero attached hydrogens (tertiary/aromatic N) is 1. The minimum atomic E-state index is -0.217. The van der Waals surface area contributed by atoms with Crippen molar-refractivity contribution in [3.8, 4) is 0 Å². The molecule has 0 aliphatic carbocycles. The zero-order valence-electron chi connectivity index (χ0n) is 10.8. The summed E-state index contributed by atoms with van der Waals surface area (Å²) >= 11 is 0. The first-order valence-corrected chi connectivity index (χ1v) is 6.23. The van der Waals surface area contributed by atoms with Gasteiger partial charge in [0.25, 0.3) is 0 Å². The molecular formula is C14H15N3O3.